The Morgan fingerprint density at radius 1 is 1.44 bits per heavy atom. The minimum atomic E-state index is -0.746. The quantitative estimate of drug-likeness (QED) is 0.731. The van der Waals surface area contributed by atoms with Crippen LogP contribution in [-0.2, 0) is 4.79 Å². The molecule has 0 heterocycles. The molecule has 0 aliphatic heterocycles. The molecule has 100 valence electrons. The van der Waals surface area contributed by atoms with Crippen molar-refractivity contribution in [1.29, 1.82) is 0 Å². The summed E-state index contributed by atoms with van der Waals surface area (Å²) in [5, 5.41) is 8.54. The van der Waals surface area contributed by atoms with E-state index in [4.69, 9.17) is 15.6 Å². The zero-order valence-electron chi connectivity index (χ0n) is 11.0. The molecule has 0 saturated heterocycles. The van der Waals surface area contributed by atoms with Crippen LogP contribution < -0.4 is 10.5 Å². The van der Waals surface area contributed by atoms with Gasteiger partial charge in [0.05, 0.1) is 7.11 Å². The molecule has 1 aromatic carbocycles. The fourth-order valence-corrected chi connectivity index (χ4v) is 1.94. The van der Waals surface area contributed by atoms with Gasteiger partial charge in [-0.2, -0.15) is 0 Å². The number of hydrogen-bond donors (Lipinski definition) is 2. The zero-order chi connectivity index (χ0) is 13.5. The van der Waals surface area contributed by atoms with Crippen LogP contribution in [0.15, 0.2) is 18.2 Å². The van der Waals surface area contributed by atoms with Crippen molar-refractivity contribution in [3.05, 3.63) is 29.3 Å². The fourth-order valence-electron chi connectivity index (χ4n) is 1.94. The lowest BCUT2D eigenvalue weighted by Crippen LogP contribution is -2.10. The standard InChI is InChI=1S/C14H21NO3/c1-10-9-11(7-8-13(10)18-2)12(15)5-3-4-6-14(16)17/h7-9,12H,3-6,15H2,1-2H3,(H,16,17). The van der Waals surface area contributed by atoms with Crippen LogP contribution >= 0.6 is 0 Å². The largest absolute Gasteiger partial charge is 0.496 e. The Morgan fingerprint density at radius 2 is 2.17 bits per heavy atom. The van der Waals surface area contributed by atoms with Gasteiger partial charge in [0.2, 0.25) is 0 Å². The molecule has 1 atom stereocenters. The van der Waals surface area contributed by atoms with Crippen LogP contribution in [0.4, 0.5) is 0 Å². The molecule has 0 amide bonds. The van der Waals surface area contributed by atoms with Gasteiger partial charge in [-0.1, -0.05) is 18.6 Å². The van der Waals surface area contributed by atoms with E-state index in [1.54, 1.807) is 7.11 Å². The molecule has 0 aromatic heterocycles. The van der Waals surface area contributed by atoms with Crippen molar-refractivity contribution < 1.29 is 14.6 Å². The van der Waals surface area contributed by atoms with Gasteiger partial charge < -0.3 is 15.6 Å². The number of carbonyl (C=O) groups is 1. The second-order valence-corrected chi connectivity index (χ2v) is 4.48. The molecule has 4 heteroatoms. The van der Waals surface area contributed by atoms with Gasteiger partial charge in [-0.3, -0.25) is 4.79 Å². The van der Waals surface area contributed by atoms with Gasteiger partial charge in [-0.05, 0) is 37.0 Å². The number of benzene rings is 1. The summed E-state index contributed by atoms with van der Waals surface area (Å²) in [7, 11) is 1.65. The highest BCUT2D eigenvalue weighted by Gasteiger charge is 2.08. The number of nitrogens with two attached hydrogens (primary N) is 1. The highest BCUT2D eigenvalue weighted by molar-refractivity contribution is 5.66. The van der Waals surface area contributed by atoms with Gasteiger partial charge in [-0.15, -0.1) is 0 Å². The van der Waals surface area contributed by atoms with E-state index in [2.05, 4.69) is 0 Å². The van der Waals surface area contributed by atoms with Crippen LogP contribution in [0.3, 0.4) is 0 Å². The van der Waals surface area contributed by atoms with Gasteiger partial charge in [0.15, 0.2) is 0 Å². The summed E-state index contributed by atoms with van der Waals surface area (Å²) < 4.78 is 5.20. The van der Waals surface area contributed by atoms with Crippen LogP contribution in [0.25, 0.3) is 0 Å². The first-order chi connectivity index (χ1) is 8.54. The third-order valence-corrected chi connectivity index (χ3v) is 3.00. The molecular weight excluding hydrogens is 230 g/mol. The van der Waals surface area contributed by atoms with Gasteiger partial charge in [0.1, 0.15) is 5.75 Å². The number of carboxylic acid groups (broad SMARTS) is 1. The van der Waals surface area contributed by atoms with Gasteiger partial charge >= 0.3 is 5.97 Å². The number of carboxylic acids is 1. The highest BCUT2D eigenvalue weighted by atomic mass is 16.5. The number of ether oxygens (including phenoxy) is 1. The third-order valence-electron chi connectivity index (χ3n) is 3.00. The van der Waals surface area contributed by atoms with E-state index in [1.165, 1.54) is 0 Å². The molecule has 4 nitrogen and oxygen atoms in total. The summed E-state index contributed by atoms with van der Waals surface area (Å²) in [5.41, 5.74) is 8.22. The molecular formula is C14H21NO3. The number of rotatable bonds is 7. The molecule has 0 radical (unpaired) electrons. The van der Waals surface area contributed by atoms with Crippen LogP contribution in [0.1, 0.15) is 42.9 Å². The zero-order valence-corrected chi connectivity index (χ0v) is 11.0. The molecule has 1 aromatic rings. The average molecular weight is 251 g/mol. The van der Waals surface area contributed by atoms with E-state index in [1.807, 2.05) is 25.1 Å². The molecule has 3 N–H and O–H groups in total. The first-order valence-corrected chi connectivity index (χ1v) is 6.16. The molecule has 1 unspecified atom stereocenters. The van der Waals surface area contributed by atoms with Crippen molar-refractivity contribution in [3.63, 3.8) is 0 Å². The normalized spacial score (nSPS) is 12.2. The van der Waals surface area contributed by atoms with Crippen molar-refractivity contribution in [3.8, 4) is 5.75 Å². The molecule has 0 saturated carbocycles. The van der Waals surface area contributed by atoms with Crippen molar-refractivity contribution in [2.75, 3.05) is 7.11 Å². The van der Waals surface area contributed by atoms with Gasteiger partial charge in [0, 0.05) is 12.5 Å². The Labute approximate surface area is 108 Å². The number of methoxy groups -OCH3 is 1. The summed E-state index contributed by atoms with van der Waals surface area (Å²) in [5.74, 6) is 0.112. The lowest BCUT2D eigenvalue weighted by atomic mass is 9.99. The second-order valence-electron chi connectivity index (χ2n) is 4.48. The van der Waals surface area contributed by atoms with Crippen molar-refractivity contribution >= 4 is 5.97 Å². The lowest BCUT2D eigenvalue weighted by Gasteiger charge is -2.14. The maximum atomic E-state index is 10.4. The van der Waals surface area contributed by atoms with Crippen molar-refractivity contribution in [2.45, 2.75) is 38.6 Å². The molecule has 0 spiro atoms. The minimum Gasteiger partial charge on any atom is -0.496 e. The predicted molar refractivity (Wildman–Crippen MR) is 70.8 cm³/mol. The molecule has 18 heavy (non-hydrogen) atoms. The van der Waals surface area contributed by atoms with Crippen LogP contribution in [0.2, 0.25) is 0 Å². The maximum absolute atomic E-state index is 10.4. The number of hydrogen-bond acceptors (Lipinski definition) is 3. The van der Waals surface area contributed by atoms with Crippen molar-refractivity contribution in [2.24, 2.45) is 5.73 Å². The van der Waals surface area contributed by atoms with Crippen molar-refractivity contribution in [1.82, 2.24) is 0 Å². The summed E-state index contributed by atoms with van der Waals surface area (Å²) in [6, 6.07) is 5.87. The summed E-state index contributed by atoms with van der Waals surface area (Å²) in [4.78, 5) is 10.4. The third kappa shape index (κ3) is 4.37. The van der Waals surface area contributed by atoms with Crippen LogP contribution in [0, 0.1) is 6.92 Å². The van der Waals surface area contributed by atoms with Crippen LogP contribution in [-0.4, -0.2) is 18.2 Å². The molecule has 0 aliphatic carbocycles. The lowest BCUT2D eigenvalue weighted by molar-refractivity contribution is -0.137. The topological polar surface area (TPSA) is 72.5 Å². The number of unbranched alkanes of at least 4 members (excludes halogenated alkanes) is 1. The van der Waals surface area contributed by atoms with Gasteiger partial charge in [-0.25, -0.2) is 0 Å². The minimum absolute atomic E-state index is 0.0385. The summed E-state index contributed by atoms with van der Waals surface area (Å²) >= 11 is 0. The Hall–Kier alpha value is -1.55. The molecule has 0 fully saturated rings. The Balaban J connectivity index is 2.48. The maximum Gasteiger partial charge on any atom is 0.303 e. The monoisotopic (exact) mass is 251 g/mol. The van der Waals surface area contributed by atoms with E-state index >= 15 is 0 Å². The summed E-state index contributed by atoms with van der Waals surface area (Å²) in [6.45, 7) is 1.99. The molecule has 0 bridgehead atoms. The van der Waals surface area contributed by atoms with Gasteiger partial charge in [0.25, 0.3) is 0 Å². The first kappa shape index (κ1) is 14.5. The van der Waals surface area contributed by atoms with E-state index < -0.39 is 5.97 Å². The van der Waals surface area contributed by atoms with Crippen LogP contribution in [0.5, 0.6) is 5.75 Å². The Kier molecular flexibility index (Phi) is 5.65. The predicted octanol–water partition coefficient (Wildman–Crippen LogP) is 2.65. The van der Waals surface area contributed by atoms with E-state index in [9.17, 15) is 4.79 Å². The average Bonchev–Trinajstić information content (AvgIpc) is 2.34. The van der Waals surface area contributed by atoms with E-state index in [0.717, 1.165) is 29.7 Å². The number of aliphatic carboxylic acids is 1. The smallest absolute Gasteiger partial charge is 0.303 e. The number of aryl methyl sites for hydroxylation is 1. The fraction of sp³-hybridized carbons (Fsp3) is 0.500. The molecule has 0 aliphatic rings. The first-order valence-electron chi connectivity index (χ1n) is 6.16. The van der Waals surface area contributed by atoms with E-state index in [-0.39, 0.29) is 12.5 Å². The Morgan fingerprint density at radius 3 is 2.72 bits per heavy atom. The second kappa shape index (κ2) is 7.01. The SMILES string of the molecule is COc1ccc(C(N)CCCCC(=O)O)cc1C. The highest BCUT2D eigenvalue weighted by Crippen LogP contribution is 2.24. The molecule has 1 rings (SSSR count). The Bertz CT molecular complexity index is 404. The van der Waals surface area contributed by atoms with E-state index in [0.29, 0.717) is 6.42 Å². The summed E-state index contributed by atoms with van der Waals surface area (Å²) in [6.07, 6.45) is 2.53.